The van der Waals surface area contributed by atoms with Gasteiger partial charge in [-0.15, -0.1) is 0 Å². The van der Waals surface area contributed by atoms with E-state index in [1.165, 1.54) is 19.4 Å². The Kier molecular flexibility index (Phi) is 12.5. The Morgan fingerprint density at radius 3 is 1.93 bits per heavy atom. The molecule has 45 heavy (non-hydrogen) atoms. The Labute approximate surface area is 261 Å². The number of aromatic nitrogens is 1. The van der Waals surface area contributed by atoms with E-state index in [-0.39, 0.29) is 5.56 Å². The normalized spacial score (nSPS) is 10.4. The number of pyridine rings is 1. The molecular formula is C29H30ClN5O10. The van der Waals surface area contributed by atoms with Crippen molar-refractivity contribution < 1.29 is 49.1 Å². The zero-order valence-electron chi connectivity index (χ0n) is 24.2. The van der Waals surface area contributed by atoms with Gasteiger partial charge >= 0.3 is 17.9 Å². The predicted molar refractivity (Wildman–Crippen MR) is 162 cm³/mol. The number of nitrogens with one attached hydrogen (secondary N) is 3. The van der Waals surface area contributed by atoms with Crippen LogP contribution in [0, 0.1) is 5.41 Å². The minimum Gasteiger partial charge on any atom is -0.497 e. The Hall–Kier alpha value is -5.54. The molecule has 0 saturated heterocycles. The average molecular weight is 644 g/mol. The van der Waals surface area contributed by atoms with Crippen molar-refractivity contribution in [3.63, 3.8) is 0 Å². The van der Waals surface area contributed by atoms with Crippen molar-refractivity contribution in [2.24, 2.45) is 0 Å². The SMILES string of the molecule is COc1ccc(NC(=O)c2ccc(C(=N)N(C)C)cc2)c(C(=O)Nc2ccc(Cl)cn2)c1.O=C(O)CC(O)(CC(=O)O)C(=O)O. The molecule has 1 heterocycles. The summed E-state index contributed by atoms with van der Waals surface area (Å²) in [6.07, 6.45) is -0.867. The van der Waals surface area contributed by atoms with Gasteiger partial charge in [0, 0.05) is 31.4 Å². The molecule has 0 aliphatic carbocycles. The van der Waals surface area contributed by atoms with E-state index in [9.17, 15) is 24.0 Å². The molecule has 0 bridgehead atoms. The van der Waals surface area contributed by atoms with E-state index < -0.39 is 48.2 Å². The molecule has 7 N–H and O–H groups in total. The molecule has 3 aromatic rings. The van der Waals surface area contributed by atoms with Crippen LogP contribution in [-0.4, -0.2) is 92.7 Å². The molecule has 0 fully saturated rings. The first kappa shape index (κ1) is 35.7. The quantitative estimate of drug-likeness (QED) is 0.118. The third-order valence-corrected chi connectivity index (χ3v) is 6.07. The number of methoxy groups -OCH3 is 1. The number of nitrogens with zero attached hydrogens (tertiary/aromatic N) is 2. The van der Waals surface area contributed by atoms with Gasteiger partial charge in [0.05, 0.1) is 36.2 Å². The van der Waals surface area contributed by atoms with Crippen LogP contribution in [0.15, 0.2) is 60.8 Å². The number of ether oxygens (including phenoxy) is 1. The van der Waals surface area contributed by atoms with Gasteiger partial charge in [0.2, 0.25) is 0 Å². The standard InChI is InChI=1S/C23H22ClN5O3.C6H8O7/c1-29(2)21(25)14-4-6-15(7-5-14)22(30)27-19-10-9-17(32-3)12-18(19)23(31)28-20-11-8-16(24)13-26-20;7-3(8)1-6(13,5(11)12)2-4(9)10/h4-13,25H,1-3H3,(H,27,30)(H,26,28,31);13H,1-2H2,(H,7,8)(H,9,10)(H,11,12). The molecule has 1 aromatic heterocycles. The van der Waals surface area contributed by atoms with E-state index in [4.69, 9.17) is 42.2 Å². The van der Waals surface area contributed by atoms with Gasteiger partial charge in [0.25, 0.3) is 11.8 Å². The molecule has 0 aliphatic rings. The Bertz CT molecular complexity index is 1560. The minimum absolute atomic E-state index is 0.209. The fourth-order valence-corrected chi connectivity index (χ4v) is 3.64. The lowest BCUT2D eigenvalue weighted by Crippen LogP contribution is -2.42. The summed E-state index contributed by atoms with van der Waals surface area (Å²) in [5.74, 6) is -4.76. The highest BCUT2D eigenvalue weighted by atomic mass is 35.5. The van der Waals surface area contributed by atoms with Crippen molar-refractivity contribution >= 4 is 58.7 Å². The number of carboxylic acid groups (broad SMARTS) is 3. The third kappa shape index (κ3) is 10.6. The number of anilines is 2. The second kappa shape index (κ2) is 15.8. The molecule has 0 spiro atoms. The second-order valence-corrected chi connectivity index (χ2v) is 9.92. The van der Waals surface area contributed by atoms with E-state index in [1.807, 2.05) is 0 Å². The first-order chi connectivity index (χ1) is 21.1. The minimum atomic E-state index is -2.74. The Morgan fingerprint density at radius 1 is 0.889 bits per heavy atom. The van der Waals surface area contributed by atoms with Crippen LogP contribution in [0.25, 0.3) is 0 Å². The Balaban J connectivity index is 0.000000459. The fraction of sp³-hybridized carbons (Fsp3) is 0.207. The van der Waals surface area contributed by atoms with Crippen LogP contribution in [-0.2, 0) is 14.4 Å². The predicted octanol–water partition coefficient (Wildman–Crippen LogP) is 2.89. The largest absolute Gasteiger partial charge is 0.497 e. The van der Waals surface area contributed by atoms with E-state index in [1.54, 1.807) is 67.5 Å². The molecule has 15 nitrogen and oxygen atoms in total. The van der Waals surface area contributed by atoms with Crippen LogP contribution in [0.1, 0.15) is 39.1 Å². The molecule has 16 heteroatoms. The van der Waals surface area contributed by atoms with E-state index >= 15 is 0 Å². The number of hydrogen-bond acceptors (Lipinski definition) is 9. The van der Waals surface area contributed by atoms with Crippen LogP contribution < -0.4 is 15.4 Å². The third-order valence-electron chi connectivity index (χ3n) is 5.84. The summed E-state index contributed by atoms with van der Waals surface area (Å²) in [4.78, 5) is 61.9. The monoisotopic (exact) mass is 643 g/mol. The summed E-state index contributed by atoms with van der Waals surface area (Å²) in [6.45, 7) is 0. The molecule has 238 valence electrons. The van der Waals surface area contributed by atoms with Crippen LogP contribution in [0.2, 0.25) is 5.02 Å². The molecule has 2 aromatic carbocycles. The van der Waals surface area contributed by atoms with E-state index in [2.05, 4.69) is 15.6 Å². The number of aliphatic carboxylic acids is 3. The summed E-state index contributed by atoms with van der Waals surface area (Å²) >= 11 is 5.83. The van der Waals surface area contributed by atoms with E-state index in [0.29, 0.717) is 39.2 Å². The number of carbonyl (C=O) groups excluding carboxylic acids is 2. The summed E-state index contributed by atoms with van der Waals surface area (Å²) in [5.41, 5.74) is -1.14. The molecule has 2 amide bonds. The average Bonchev–Trinajstić information content (AvgIpc) is 2.97. The van der Waals surface area contributed by atoms with Crippen molar-refractivity contribution in [1.29, 1.82) is 5.41 Å². The van der Waals surface area contributed by atoms with Crippen LogP contribution in [0.4, 0.5) is 11.5 Å². The molecule has 0 radical (unpaired) electrons. The Morgan fingerprint density at radius 2 is 1.47 bits per heavy atom. The molecule has 0 aliphatic heterocycles. The number of amides is 2. The van der Waals surface area contributed by atoms with Crippen LogP contribution >= 0.6 is 11.6 Å². The summed E-state index contributed by atoms with van der Waals surface area (Å²) in [6, 6.07) is 14.6. The van der Waals surface area contributed by atoms with Gasteiger partial charge in [-0.2, -0.15) is 0 Å². The number of rotatable bonds is 11. The lowest BCUT2D eigenvalue weighted by Gasteiger charge is -2.18. The highest BCUT2D eigenvalue weighted by Crippen LogP contribution is 2.24. The van der Waals surface area contributed by atoms with Crippen molar-refractivity contribution in [2.75, 3.05) is 31.8 Å². The molecule has 3 rings (SSSR count). The van der Waals surface area contributed by atoms with Gasteiger partial charge < -0.3 is 40.7 Å². The lowest BCUT2D eigenvalue weighted by atomic mass is 9.96. The van der Waals surface area contributed by atoms with Crippen LogP contribution in [0.3, 0.4) is 0 Å². The fourth-order valence-electron chi connectivity index (χ4n) is 3.53. The highest BCUT2D eigenvalue weighted by molar-refractivity contribution is 6.30. The first-order valence-electron chi connectivity index (χ1n) is 12.7. The number of carboxylic acids is 3. The zero-order chi connectivity index (χ0) is 33.9. The zero-order valence-corrected chi connectivity index (χ0v) is 25.0. The number of aliphatic hydroxyl groups is 1. The molecule has 0 atom stereocenters. The van der Waals surface area contributed by atoms with Gasteiger partial charge in [0.15, 0.2) is 5.60 Å². The van der Waals surface area contributed by atoms with Gasteiger partial charge in [-0.1, -0.05) is 23.7 Å². The van der Waals surface area contributed by atoms with Gasteiger partial charge in [-0.05, 0) is 42.5 Å². The summed E-state index contributed by atoms with van der Waals surface area (Å²) < 4.78 is 5.22. The van der Waals surface area contributed by atoms with Crippen LogP contribution in [0.5, 0.6) is 5.75 Å². The molecule has 0 saturated carbocycles. The topological polar surface area (TPSA) is 240 Å². The second-order valence-electron chi connectivity index (χ2n) is 9.48. The lowest BCUT2D eigenvalue weighted by molar-refractivity contribution is -0.170. The number of hydrogen-bond donors (Lipinski definition) is 7. The number of halogens is 1. The molecule has 0 unspecified atom stereocenters. The number of amidine groups is 1. The van der Waals surface area contributed by atoms with Crippen molar-refractivity contribution in [3.05, 3.63) is 82.5 Å². The van der Waals surface area contributed by atoms with Gasteiger partial charge in [-0.3, -0.25) is 24.6 Å². The van der Waals surface area contributed by atoms with Crippen molar-refractivity contribution in [3.8, 4) is 5.75 Å². The van der Waals surface area contributed by atoms with E-state index in [0.717, 1.165) is 0 Å². The van der Waals surface area contributed by atoms with Gasteiger partial charge in [-0.25, -0.2) is 9.78 Å². The van der Waals surface area contributed by atoms with Gasteiger partial charge in [0.1, 0.15) is 17.4 Å². The maximum absolute atomic E-state index is 12.9. The molecular weight excluding hydrogens is 614 g/mol. The number of benzene rings is 2. The summed E-state index contributed by atoms with van der Waals surface area (Å²) in [5, 5.41) is 47.7. The maximum Gasteiger partial charge on any atom is 0.336 e. The van der Waals surface area contributed by atoms with Crippen molar-refractivity contribution in [1.82, 2.24) is 9.88 Å². The smallest absolute Gasteiger partial charge is 0.336 e. The van der Waals surface area contributed by atoms with Crippen molar-refractivity contribution in [2.45, 2.75) is 18.4 Å². The number of carbonyl (C=O) groups is 5. The maximum atomic E-state index is 12.9. The highest BCUT2D eigenvalue weighted by Gasteiger charge is 2.40. The summed E-state index contributed by atoms with van der Waals surface area (Å²) in [7, 11) is 5.04. The first-order valence-corrected chi connectivity index (χ1v) is 13.1.